The Hall–Kier alpha value is -0.628. The van der Waals surface area contributed by atoms with Gasteiger partial charge >= 0.3 is 0 Å². The normalized spacial score (nSPS) is 7.00. The van der Waals surface area contributed by atoms with Gasteiger partial charge in [0.05, 0.1) is 11.6 Å². The maximum atomic E-state index is 8.29. The first-order valence-corrected chi connectivity index (χ1v) is 2.38. The van der Waals surface area contributed by atoms with Crippen molar-refractivity contribution in [1.29, 1.82) is 5.26 Å². The minimum atomic E-state index is 0. The third kappa shape index (κ3) is 2.42. The zero-order chi connectivity index (χ0) is 5.82. The molecule has 0 saturated heterocycles. The summed E-state index contributed by atoms with van der Waals surface area (Å²) in [6.45, 7) is 0. The van der Waals surface area contributed by atoms with Crippen LogP contribution in [0.1, 0.15) is 5.56 Å². The van der Waals surface area contributed by atoms with E-state index in [2.05, 4.69) is 0 Å². The van der Waals surface area contributed by atoms with Crippen molar-refractivity contribution in [3.8, 4) is 6.07 Å². The van der Waals surface area contributed by atoms with Gasteiger partial charge in [-0.05, 0) is 12.1 Å². The number of rotatable bonds is 0. The molecule has 48 valence electrons. The molecule has 0 saturated carbocycles. The topological polar surface area (TPSA) is 23.8 Å². The fourth-order valence-corrected chi connectivity index (χ4v) is 0.513. The van der Waals surface area contributed by atoms with Crippen LogP contribution in [0.2, 0.25) is 0 Å². The van der Waals surface area contributed by atoms with Crippen LogP contribution in [0.15, 0.2) is 30.3 Å². The first kappa shape index (κ1) is 8.37. The molecule has 1 nitrogen and oxygen atoms in total. The van der Waals surface area contributed by atoms with Gasteiger partial charge in [0.15, 0.2) is 0 Å². The number of hydrogen-bond acceptors (Lipinski definition) is 1. The molecule has 0 N–H and O–H groups in total. The quantitative estimate of drug-likeness (QED) is 0.595. The van der Waals surface area contributed by atoms with E-state index in [0.717, 1.165) is 0 Å². The van der Waals surface area contributed by atoms with Crippen molar-refractivity contribution in [2.45, 2.75) is 0 Å². The molecule has 0 heterocycles. The molecule has 0 unspecified atom stereocenters. The molecule has 0 fully saturated rings. The zero-order valence-corrected chi connectivity index (χ0v) is 6.20. The number of benzene rings is 1. The van der Waals surface area contributed by atoms with E-state index < -0.39 is 0 Å². The van der Waals surface area contributed by atoms with Gasteiger partial charge in [-0.1, -0.05) is 18.2 Å². The van der Waals surface area contributed by atoms with Crippen LogP contribution in [0, 0.1) is 11.3 Å². The summed E-state index contributed by atoms with van der Waals surface area (Å²) in [5.74, 6) is 0. The molecule has 1 aromatic rings. The summed E-state index contributed by atoms with van der Waals surface area (Å²) in [6, 6.07) is 11.2. The molecule has 1 aromatic carbocycles. The summed E-state index contributed by atoms with van der Waals surface area (Å²) >= 11 is 0. The fraction of sp³-hybridized carbons (Fsp3) is 0. The molecule has 0 aromatic heterocycles. The summed E-state index contributed by atoms with van der Waals surface area (Å²) in [4.78, 5) is 0. The van der Waals surface area contributed by atoms with Gasteiger partial charge in [0.1, 0.15) is 0 Å². The molecule has 0 bridgehead atoms. The molecule has 9 heavy (non-hydrogen) atoms. The van der Waals surface area contributed by atoms with Gasteiger partial charge in [-0.15, -0.1) is 0 Å². The van der Waals surface area contributed by atoms with Crippen molar-refractivity contribution in [1.82, 2.24) is 0 Å². The van der Waals surface area contributed by atoms with Gasteiger partial charge in [0.25, 0.3) is 0 Å². The van der Waals surface area contributed by atoms with Gasteiger partial charge in [0, 0.05) is 20.4 Å². The number of hydrogen-bond donors (Lipinski definition) is 0. The SMILES string of the molecule is N#Cc1ccccc1.[Pd]. The Morgan fingerprint density at radius 3 is 2.00 bits per heavy atom. The first-order valence-electron chi connectivity index (χ1n) is 2.38. The maximum Gasteiger partial charge on any atom is 0.0991 e. The van der Waals surface area contributed by atoms with Crippen LogP contribution in [0.3, 0.4) is 0 Å². The van der Waals surface area contributed by atoms with Crippen LogP contribution in [0.4, 0.5) is 0 Å². The predicted octanol–water partition coefficient (Wildman–Crippen LogP) is 1.56. The van der Waals surface area contributed by atoms with Crippen LogP contribution in [-0.2, 0) is 20.4 Å². The van der Waals surface area contributed by atoms with Gasteiger partial charge in [-0.25, -0.2) is 0 Å². The van der Waals surface area contributed by atoms with E-state index in [-0.39, 0.29) is 20.4 Å². The van der Waals surface area contributed by atoms with Crippen molar-refractivity contribution in [3.05, 3.63) is 35.9 Å². The predicted molar refractivity (Wildman–Crippen MR) is 31.2 cm³/mol. The third-order valence-electron chi connectivity index (χ3n) is 0.903. The summed E-state index contributed by atoms with van der Waals surface area (Å²) in [5, 5.41) is 8.29. The van der Waals surface area contributed by atoms with Crippen molar-refractivity contribution >= 4 is 0 Å². The van der Waals surface area contributed by atoms with Crippen LogP contribution in [-0.4, -0.2) is 0 Å². The second-order valence-electron chi connectivity index (χ2n) is 1.48. The van der Waals surface area contributed by atoms with Crippen molar-refractivity contribution < 1.29 is 20.4 Å². The molecule has 0 aliphatic heterocycles. The molecule has 0 radical (unpaired) electrons. The minimum Gasteiger partial charge on any atom is -0.192 e. The molecule has 0 spiro atoms. The van der Waals surface area contributed by atoms with E-state index in [4.69, 9.17) is 5.26 Å². The Bertz CT molecular complexity index is 200. The van der Waals surface area contributed by atoms with E-state index in [9.17, 15) is 0 Å². The first-order chi connectivity index (χ1) is 3.93. The summed E-state index contributed by atoms with van der Waals surface area (Å²) in [5.41, 5.74) is 0.715. The Balaban J connectivity index is 0.000000640. The van der Waals surface area contributed by atoms with Crippen LogP contribution >= 0.6 is 0 Å². The van der Waals surface area contributed by atoms with E-state index in [1.54, 1.807) is 12.1 Å². The van der Waals surface area contributed by atoms with Crippen LogP contribution < -0.4 is 0 Å². The number of nitriles is 1. The van der Waals surface area contributed by atoms with Crippen LogP contribution in [0.5, 0.6) is 0 Å². The van der Waals surface area contributed by atoms with Gasteiger partial charge in [-0.3, -0.25) is 0 Å². The molecule has 0 aliphatic carbocycles. The minimum absolute atomic E-state index is 0. The largest absolute Gasteiger partial charge is 0.192 e. The van der Waals surface area contributed by atoms with Gasteiger partial charge in [0.2, 0.25) is 0 Å². The van der Waals surface area contributed by atoms with Crippen LogP contribution in [0.25, 0.3) is 0 Å². The molecule has 0 aliphatic rings. The second kappa shape index (κ2) is 4.27. The molecular formula is C7H5NPd. The maximum absolute atomic E-state index is 8.29. The second-order valence-corrected chi connectivity index (χ2v) is 1.48. The summed E-state index contributed by atoms with van der Waals surface area (Å²) < 4.78 is 0. The Labute approximate surface area is 68.0 Å². The zero-order valence-electron chi connectivity index (χ0n) is 4.65. The summed E-state index contributed by atoms with van der Waals surface area (Å²) in [7, 11) is 0. The average molecular weight is 210 g/mol. The van der Waals surface area contributed by atoms with E-state index in [1.807, 2.05) is 24.3 Å². The molecule has 0 amide bonds. The smallest absolute Gasteiger partial charge is 0.0991 e. The van der Waals surface area contributed by atoms with Crippen molar-refractivity contribution in [2.24, 2.45) is 0 Å². The average Bonchev–Trinajstić information content (AvgIpc) is 1.90. The van der Waals surface area contributed by atoms with Gasteiger partial charge < -0.3 is 0 Å². The molecule has 0 atom stereocenters. The van der Waals surface area contributed by atoms with Gasteiger partial charge in [-0.2, -0.15) is 5.26 Å². The Morgan fingerprint density at radius 2 is 1.67 bits per heavy atom. The monoisotopic (exact) mass is 209 g/mol. The molecule has 1 rings (SSSR count). The van der Waals surface area contributed by atoms with E-state index in [0.29, 0.717) is 5.56 Å². The van der Waals surface area contributed by atoms with Crippen molar-refractivity contribution in [2.75, 3.05) is 0 Å². The molecule has 2 heteroatoms. The Morgan fingerprint density at radius 1 is 1.11 bits per heavy atom. The third-order valence-corrected chi connectivity index (χ3v) is 0.903. The number of nitrogens with zero attached hydrogens (tertiary/aromatic N) is 1. The van der Waals surface area contributed by atoms with E-state index in [1.165, 1.54) is 0 Å². The van der Waals surface area contributed by atoms with E-state index >= 15 is 0 Å². The Kier molecular flexibility index (Phi) is 3.97. The molecular weight excluding hydrogens is 205 g/mol. The standard InChI is InChI=1S/C7H5N.Pd/c8-6-7-4-2-1-3-5-7;/h1-5H;. The van der Waals surface area contributed by atoms with Crippen molar-refractivity contribution in [3.63, 3.8) is 0 Å². The fourth-order valence-electron chi connectivity index (χ4n) is 0.513. The summed E-state index contributed by atoms with van der Waals surface area (Å²) in [6.07, 6.45) is 0.